The molecule has 0 fully saturated rings. The van der Waals surface area contributed by atoms with E-state index in [1.54, 1.807) is 6.20 Å². The molecule has 3 rings (SSSR count). The lowest BCUT2D eigenvalue weighted by atomic mass is 9.87. The summed E-state index contributed by atoms with van der Waals surface area (Å²) in [5.74, 6) is 0. The van der Waals surface area contributed by atoms with Crippen LogP contribution in [0.4, 0.5) is 17.1 Å². The molecule has 2 N–H and O–H groups in total. The van der Waals surface area contributed by atoms with E-state index in [4.69, 9.17) is 0 Å². The lowest BCUT2D eigenvalue weighted by molar-refractivity contribution is 0.359. The molecule has 3 aromatic rings. The van der Waals surface area contributed by atoms with Crippen molar-refractivity contribution in [2.45, 2.75) is 33.7 Å². The van der Waals surface area contributed by atoms with Gasteiger partial charge in [-0.1, -0.05) is 39.0 Å². The third-order valence-corrected chi connectivity index (χ3v) is 4.43. The molecule has 5 heteroatoms. The highest BCUT2D eigenvalue weighted by Crippen LogP contribution is 2.27. The predicted octanol–water partition coefficient (Wildman–Crippen LogP) is 3.42. The van der Waals surface area contributed by atoms with E-state index < -0.39 is 10.9 Å². The summed E-state index contributed by atoms with van der Waals surface area (Å²) in [6.07, 6.45) is 1.66. The lowest BCUT2D eigenvalue weighted by Crippen LogP contribution is -2.41. The fraction of sp³-hybridized carbons (Fsp3) is 0.316. The van der Waals surface area contributed by atoms with Crippen LogP contribution < -0.4 is 21.5 Å². The van der Waals surface area contributed by atoms with Crippen molar-refractivity contribution in [1.29, 1.82) is 0 Å². The zero-order valence-electron chi connectivity index (χ0n) is 14.3. The molecule has 0 bridgehead atoms. The molecule has 0 aliphatic heterocycles. The first-order chi connectivity index (χ1) is 11.3. The Kier molecular flexibility index (Phi) is 3.87. The van der Waals surface area contributed by atoms with Crippen molar-refractivity contribution in [3.8, 4) is 0 Å². The molecule has 0 radical (unpaired) electrons. The number of benzene rings is 1. The Balaban J connectivity index is 1.89. The first kappa shape index (κ1) is 16.2. The van der Waals surface area contributed by atoms with Crippen molar-refractivity contribution in [2.75, 3.05) is 10.6 Å². The maximum absolute atomic E-state index is 11.9. The Labute approximate surface area is 140 Å². The van der Waals surface area contributed by atoms with Gasteiger partial charge in [-0.2, -0.15) is 0 Å². The number of pyridine rings is 1. The highest BCUT2D eigenvalue weighted by Gasteiger charge is 2.27. The maximum Gasteiger partial charge on any atom is 0.253 e. The topological polar surface area (TPSA) is 71.1 Å². The number of para-hydroxylation sites is 1. The minimum atomic E-state index is -0.494. The molecule has 0 aliphatic carbocycles. The number of rotatable bonds is 4. The highest BCUT2D eigenvalue weighted by molar-refractivity contribution is 5.85. The Bertz CT molecular complexity index is 963. The Morgan fingerprint density at radius 1 is 1.04 bits per heavy atom. The third kappa shape index (κ3) is 2.89. The van der Waals surface area contributed by atoms with E-state index in [0.717, 1.165) is 10.9 Å². The van der Waals surface area contributed by atoms with Crippen molar-refractivity contribution in [3.05, 3.63) is 57.0 Å². The minimum absolute atomic E-state index is 0.0263. The van der Waals surface area contributed by atoms with Gasteiger partial charge in [0.2, 0.25) is 0 Å². The van der Waals surface area contributed by atoms with E-state index >= 15 is 0 Å². The Morgan fingerprint density at radius 3 is 2.42 bits per heavy atom. The van der Waals surface area contributed by atoms with Crippen molar-refractivity contribution in [3.63, 3.8) is 0 Å². The number of fused-ring (bicyclic) bond motifs is 1. The first-order valence-corrected chi connectivity index (χ1v) is 7.99. The summed E-state index contributed by atoms with van der Waals surface area (Å²) in [6.45, 7) is 8.24. The predicted molar refractivity (Wildman–Crippen MR) is 98.9 cm³/mol. The maximum atomic E-state index is 11.9. The average Bonchev–Trinajstić information content (AvgIpc) is 2.56. The molecule has 0 amide bonds. The van der Waals surface area contributed by atoms with Crippen molar-refractivity contribution in [1.82, 2.24) is 4.98 Å². The van der Waals surface area contributed by atoms with Crippen LogP contribution in [-0.4, -0.2) is 11.0 Å². The highest BCUT2D eigenvalue weighted by atomic mass is 16.2. The molecule has 124 valence electrons. The van der Waals surface area contributed by atoms with Crippen molar-refractivity contribution in [2.24, 2.45) is 5.41 Å². The molecule has 24 heavy (non-hydrogen) atoms. The summed E-state index contributed by atoms with van der Waals surface area (Å²) in [7, 11) is 0. The SMILES string of the molecule is CC(Nc1c(Nc2cnc3ccccc3c2)c(=O)c1=O)C(C)(C)C. The quantitative estimate of drug-likeness (QED) is 0.720. The number of hydrogen-bond donors (Lipinski definition) is 2. The van der Waals surface area contributed by atoms with Gasteiger partial charge in [-0.25, -0.2) is 0 Å². The molecule has 0 spiro atoms. The number of hydrogen-bond acceptors (Lipinski definition) is 5. The first-order valence-electron chi connectivity index (χ1n) is 7.99. The third-order valence-electron chi connectivity index (χ3n) is 4.43. The van der Waals surface area contributed by atoms with Crippen LogP contribution in [0.15, 0.2) is 46.1 Å². The van der Waals surface area contributed by atoms with Crippen LogP contribution in [0, 0.1) is 5.41 Å². The zero-order valence-corrected chi connectivity index (χ0v) is 14.3. The Morgan fingerprint density at radius 2 is 1.71 bits per heavy atom. The standard InChI is InChI=1S/C19H21N3O2/c1-11(19(2,3)4)21-15-16(18(24)17(15)23)22-13-9-12-7-5-6-8-14(12)20-10-13/h5-11,21-22H,1-4H3. The minimum Gasteiger partial charge on any atom is -0.377 e. The summed E-state index contributed by atoms with van der Waals surface area (Å²) >= 11 is 0. The van der Waals surface area contributed by atoms with Crippen LogP contribution in [0.5, 0.6) is 0 Å². The summed E-state index contributed by atoms with van der Waals surface area (Å²) in [6, 6.07) is 9.70. The van der Waals surface area contributed by atoms with Gasteiger partial charge in [0.15, 0.2) is 0 Å². The molecule has 2 aromatic carbocycles. The second-order valence-corrected chi connectivity index (χ2v) is 7.18. The van der Waals surface area contributed by atoms with Gasteiger partial charge in [0, 0.05) is 11.4 Å². The fourth-order valence-corrected chi connectivity index (χ4v) is 2.37. The van der Waals surface area contributed by atoms with Crippen LogP contribution in [0.25, 0.3) is 10.9 Å². The number of anilines is 3. The number of nitrogens with one attached hydrogen (secondary N) is 2. The summed E-state index contributed by atoms with van der Waals surface area (Å²) in [5, 5.41) is 7.18. The van der Waals surface area contributed by atoms with Crippen LogP contribution >= 0.6 is 0 Å². The number of nitrogens with zero attached hydrogens (tertiary/aromatic N) is 1. The zero-order chi connectivity index (χ0) is 17.5. The second-order valence-electron chi connectivity index (χ2n) is 7.18. The molecule has 1 heterocycles. The van der Waals surface area contributed by atoms with E-state index in [1.807, 2.05) is 37.3 Å². The number of aromatic nitrogens is 1. The normalized spacial score (nSPS) is 13.2. The van der Waals surface area contributed by atoms with Crippen LogP contribution in [0.2, 0.25) is 0 Å². The molecular formula is C19H21N3O2. The van der Waals surface area contributed by atoms with E-state index in [2.05, 4.69) is 36.4 Å². The monoisotopic (exact) mass is 323 g/mol. The van der Waals surface area contributed by atoms with Crippen LogP contribution in [0.1, 0.15) is 27.7 Å². The van der Waals surface area contributed by atoms with Gasteiger partial charge in [-0.3, -0.25) is 14.6 Å². The van der Waals surface area contributed by atoms with E-state index in [0.29, 0.717) is 17.1 Å². The Hall–Kier alpha value is -2.69. The fourth-order valence-electron chi connectivity index (χ4n) is 2.37. The smallest absolute Gasteiger partial charge is 0.253 e. The van der Waals surface area contributed by atoms with Gasteiger partial charge in [0.1, 0.15) is 11.4 Å². The molecule has 0 saturated carbocycles. The van der Waals surface area contributed by atoms with Gasteiger partial charge in [0.05, 0.1) is 17.4 Å². The molecule has 1 atom stereocenters. The van der Waals surface area contributed by atoms with Crippen molar-refractivity contribution >= 4 is 28.0 Å². The van der Waals surface area contributed by atoms with Gasteiger partial charge in [-0.05, 0) is 24.5 Å². The van der Waals surface area contributed by atoms with Gasteiger partial charge in [-0.15, -0.1) is 0 Å². The van der Waals surface area contributed by atoms with Crippen LogP contribution in [0.3, 0.4) is 0 Å². The molecule has 5 nitrogen and oxygen atoms in total. The van der Waals surface area contributed by atoms with Gasteiger partial charge in [0.25, 0.3) is 10.9 Å². The summed E-state index contributed by atoms with van der Waals surface area (Å²) in [5.41, 5.74) is 1.25. The van der Waals surface area contributed by atoms with E-state index in [9.17, 15) is 9.59 Å². The molecule has 1 aromatic heterocycles. The average molecular weight is 323 g/mol. The van der Waals surface area contributed by atoms with Crippen molar-refractivity contribution < 1.29 is 0 Å². The van der Waals surface area contributed by atoms with Gasteiger partial charge < -0.3 is 10.6 Å². The van der Waals surface area contributed by atoms with Gasteiger partial charge >= 0.3 is 0 Å². The van der Waals surface area contributed by atoms with E-state index in [1.165, 1.54) is 0 Å². The lowest BCUT2D eigenvalue weighted by Gasteiger charge is -2.30. The molecular weight excluding hydrogens is 302 g/mol. The molecule has 1 unspecified atom stereocenters. The summed E-state index contributed by atoms with van der Waals surface area (Å²) in [4.78, 5) is 28.2. The summed E-state index contributed by atoms with van der Waals surface area (Å²) < 4.78 is 0. The molecule has 0 saturated heterocycles. The van der Waals surface area contributed by atoms with E-state index in [-0.39, 0.29) is 11.5 Å². The molecule has 0 aliphatic rings. The van der Waals surface area contributed by atoms with Crippen LogP contribution in [-0.2, 0) is 0 Å². The largest absolute Gasteiger partial charge is 0.377 e. The second kappa shape index (κ2) is 5.74.